The first-order chi connectivity index (χ1) is 10.7. The molecule has 0 bridgehead atoms. The van der Waals surface area contributed by atoms with Crippen molar-refractivity contribution in [2.75, 3.05) is 0 Å². The van der Waals surface area contributed by atoms with E-state index < -0.39 is 0 Å². The molecule has 0 unspecified atom stereocenters. The van der Waals surface area contributed by atoms with Gasteiger partial charge in [-0.2, -0.15) is 5.26 Å². The highest BCUT2D eigenvalue weighted by Crippen LogP contribution is 2.18. The van der Waals surface area contributed by atoms with Gasteiger partial charge < -0.3 is 4.98 Å². The van der Waals surface area contributed by atoms with Crippen LogP contribution < -0.4 is 5.56 Å². The molecule has 0 fully saturated rings. The Hall–Kier alpha value is -2.97. The van der Waals surface area contributed by atoms with Crippen molar-refractivity contribution in [1.82, 2.24) is 15.0 Å². The zero-order valence-corrected chi connectivity index (χ0v) is 12.0. The highest BCUT2D eigenvalue weighted by Gasteiger charge is 2.08. The summed E-state index contributed by atoms with van der Waals surface area (Å²) in [5, 5.41) is 10.2. The molecule has 0 spiro atoms. The van der Waals surface area contributed by atoms with Crippen LogP contribution in [0.4, 0.5) is 0 Å². The molecule has 0 saturated heterocycles. The minimum Gasteiger partial charge on any atom is -0.305 e. The van der Waals surface area contributed by atoms with Crippen LogP contribution in [0, 0.1) is 11.3 Å². The fourth-order valence-corrected chi connectivity index (χ4v) is 2.19. The lowest BCUT2D eigenvalue weighted by atomic mass is 10.1. The number of allylic oxidation sites excluding steroid dienone is 1. The number of aromatic nitrogens is 3. The summed E-state index contributed by atoms with van der Waals surface area (Å²) in [6.45, 7) is 0. The molecular formula is C16H9ClN4O. The van der Waals surface area contributed by atoms with E-state index in [2.05, 4.69) is 21.0 Å². The van der Waals surface area contributed by atoms with Crippen molar-refractivity contribution in [2.45, 2.75) is 0 Å². The molecule has 0 aliphatic rings. The monoisotopic (exact) mass is 308 g/mol. The second-order valence-corrected chi connectivity index (χ2v) is 4.96. The molecule has 1 N–H and O–H groups in total. The van der Waals surface area contributed by atoms with Crippen LogP contribution in [-0.4, -0.2) is 15.0 Å². The van der Waals surface area contributed by atoms with Crippen molar-refractivity contribution in [3.05, 3.63) is 69.5 Å². The van der Waals surface area contributed by atoms with Gasteiger partial charge in [0, 0.05) is 17.4 Å². The molecule has 0 atom stereocenters. The van der Waals surface area contributed by atoms with Crippen LogP contribution in [0.1, 0.15) is 11.4 Å². The van der Waals surface area contributed by atoms with E-state index in [1.54, 1.807) is 48.8 Å². The maximum absolute atomic E-state index is 12.1. The topological polar surface area (TPSA) is 82.4 Å². The number of H-pyrrole nitrogens is 1. The van der Waals surface area contributed by atoms with Crippen LogP contribution in [0.15, 0.2) is 47.5 Å². The van der Waals surface area contributed by atoms with Crippen molar-refractivity contribution in [2.24, 2.45) is 0 Å². The van der Waals surface area contributed by atoms with Gasteiger partial charge in [-0.05, 0) is 42.0 Å². The Labute approximate surface area is 130 Å². The maximum atomic E-state index is 12.1. The molecule has 0 aliphatic carbocycles. The van der Waals surface area contributed by atoms with Crippen molar-refractivity contribution >= 4 is 34.2 Å². The van der Waals surface area contributed by atoms with Crippen LogP contribution in [-0.2, 0) is 0 Å². The van der Waals surface area contributed by atoms with Gasteiger partial charge in [0.15, 0.2) is 5.82 Å². The third kappa shape index (κ3) is 2.73. The Kier molecular flexibility index (Phi) is 3.69. The van der Waals surface area contributed by atoms with Gasteiger partial charge in [-0.3, -0.25) is 9.78 Å². The lowest BCUT2D eigenvalue weighted by Gasteiger charge is -2.02. The number of pyridine rings is 1. The Morgan fingerprint density at radius 3 is 2.77 bits per heavy atom. The van der Waals surface area contributed by atoms with Crippen molar-refractivity contribution in [3.63, 3.8) is 0 Å². The van der Waals surface area contributed by atoms with Gasteiger partial charge in [0.05, 0.1) is 16.5 Å². The normalized spacial score (nSPS) is 11.4. The van der Waals surface area contributed by atoms with Gasteiger partial charge in [-0.25, -0.2) is 4.98 Å². The molecule has 0 aliphatic heterocycles. The number of benzene rings is 1. The molecule has 5 nitrogen and oxygen atoms in total. The fraction of sp³-hybridized carbons (Fsp3) is 0. The first-order valence-corrected chi connectivity index (χ1v) is 6.77. The fourth-order valence-electron chi connectivity index (χ4n) is 2.02. The highest BCUT2D eigenvalue weighted by molar-refractivity contribution is 6.31. The van der Waals surface area contributed by atoms with Crippen LogP contribution in [0.3, 0.4) is 0 Å². The number of rotatable bonds is 2. The average Bonchev–Trinajstić information content (AvgIpc) is 2.54. The minimum absolute atomic E-state index is 0.221. The molecule has 0 saturated carbocycles. The van der Waals surface area contributed by atoms with Crippen molar-refractivity contribution in [3.8, 4) is 6.07 Å². The first-order valence-electron chi connectivity index (χ1n) is 6.39. The molecule has 2 aromatic heterocycles. The lowest BCUT2D eigenvalue weighted by Crippen LogP contribution is -2.11. The summed E-state index contributed by atoms with van der Waals surface area (Å²) in [7, 11) is 0. The number of aromatic amines is 1. The van der Waals surface area contributed by atoms with Crippen molar-refractivity contribution < 1.29 is 0 Å². The van der Waals surface area contributed by atoms with E-state index in [-0.39, 0.29) is 17.0 Å². The first kappa shape index (κ1) is 14.0. The Balaban J connectivity index is 2.17. The smallest absolute Gasteiger partial charge is 0.259 e. The summed E-state index contributed by atoms with van der Waals surface area (Å²) in [6, 6.07) is 10.4. The Bertz CT molecular complexity index is 971. The summed E-state index contributed by atoms with van der Waals surface area (Å²) in [4.78, 5) is 23.0. The van der Waals surface area contributed by atoms with Crippen molar-refractivity contribution in [1.29, 1.82) is 5.26 Å². The summed E-state index contributed by atoms with van der Waals surface area (Å²) in [5.41, 5.74) is 1.21. The lowest BCUT2D eigenvalue weighted by molar-refractivity contribution is 1.13. The molecule has 0 amide bonds. The minimum atomic E-state index is -0.335. The largest absolute Gasteiger partial charge is 0.305 e. The van der Waals surface area contributed by atoms with Gasteiger partial charge in [0.1, 0.15) is 6.07 Å². The van der Waals surface area contributed by atoms with Gasteiger partial charge in [0.2, 0.25) is 0 Å². The van der Waals surface area contributed by atoms with Gasteiger partial charge in [0.25, 0.3) is 5.56 Å². The number of nitrogens with one attached hydrogen (secondary N) is 1. The standard InChI is InChI=1S/C16H9ClN4O/c17-12-1-2-14-13(8-12)16(22)21-15(20-14)11(9-18)7-10-3-5-19-6-4-10/h1-8H,(H,20,21,22)/b11-7+. The van der Waals surface area contributed by atoms with E-state index in [1.165, 1.54) is 0 Å². The number of hydrogen-bond donors (Lipinski definition) is 1. The summed E-state index contributed by atoms with van der Waals surface area (Å²) in [5.74, 6) is 0.221. The molecule has 106 valence electrons. The number of halogens is 1. The zero-order valence-electron chi connectivity index (χ0n) is 11.2. The second-order valence-electron chi connectivity index (χ2n) is 4.53. The molecule has 2 heterocycles. The predicted octanol–water partition coefficient (Wildman–Crippen LogP) is 3.04. The molecule has 22 heavy (non-hydrogen) atoms. The van der Waals surface area contributed by atoms with E-state index in [4.69, 9.17) is 11.6 Å². The molecule has 3 rings (SSSR count). The highest BCUT2D eigenvalue weighted by atomic mass is 35.5. The van der Waals surface area contributed by atoms with E-state index in [1.807, 2.05) is 0 Å². The summed E-state index contributed by atoms with van der Waals surface area (Å²) >= 11 is 5.88. The third-order valence-electron chi connectivity index (χ3n) is 3.06. The SMILES string of the molecule is N#C/C(=C\c1ccncc1)c1nc2ccc(Cl)cc2c(=O)[nH]1. The van der Waals surface area contributed by atoms with E-state index in [9.17, 15) is 10.1 Å². The quantitative estimate of drug-likeness (QED) is 0.738. The van der Waals surface area contributed by atoms with E-state index in [0.717, 1.165) is 5.56 Å². The molecular weight excluding hydrogens is 300 g/mol. The summed E-state index contributed by atoms with van der Waals surface area (Å²) < 4.78 is 0. The summed E-state index contributed by atoms with van der Waals surface area (Å²) in [6.07, 6.45) is 4.89. The molecule has 0 radical (unpaired) electrons. The van der Waals surface area contributed by atoms with E-state index in [0.29, 0.717) is 15.9 Å². The number of fused-ring (bicyclic) bond motifs is 1. The number of nitrogens with zero attached hydrogens (tertiary/aromatic N) is 3. The van der Waals surface area contributed by atoms with E-state index >= 15 is 0 Å². The maximum Gasteiger partial charge on any atom is 0.259 e. The van der Waals surface area contributed by atoms with Crippen LogP contribution >= 0.6 is 11.6 Å². The van der Waals surface area contributed by atoms with Crippen LogP contribution in [0.25, 0.3) is 22.6 Å². The van der Waals surface area contributed by atoms with Gasteiger partial charge >= 0.3 is 0 Å². The third-order valence-corrected chi connectivity index (χ3v) is 3.30. The zero-order chi connectivity index (χ0) is 15.5. The van der Waals surface area contributed by atoms with Crippen LogP contribution in [0.5, 0.6) is 0 Å². The molecule has 6 heteroatoms. The number of nitriles is 1. The second kappa shape index (κ2) is 5.80. The average molecular weight is 309 g/mol. The predicted molar refractivity (Wildman–Crippen MR) is 85.1 cm³/mol. The van der Waals surface area contributed by atoms with Gasteiger partial charge in [-0.1, -0.05) is 11.6 Å². The van der Waals surface area contributed by atoms with Gasteiger partial charge in [-0.15, -0.1) is 0 Å². The molecule has 1 aromatic carbocycles. The van der Waals surface area contributed by atoms with Crippen LogP contribution in [0.2, 0.25) is 5.02 Å². The Morgan fingerprint density at radius 2 is 2.05 bits per heavy atom. The molecule has 3 aromatic rings. The number of hydrogen-bond acceptors (Lipinski definition) is 4. The Morgan fingerprint density at radius 1 is 1.27 bits per heavy atom.